The van der Waals surface area contributed by atoms with Crippen LogP contribution in [0.3, 0.4) is 0 Å². The number of hydrogen-bond donors (Lipinski definition) is 0. The van der Waals surface area contributed by atoms with Crippen molar-refractivity contribution in [2.45, 2.75) is 13.0 Å². The van der Waals surface area contributed by atoms with Crippen LogP contribution in [-0.2, 0) is 9.53 Å². The monoisotopic (exact) mass is 324 g/mol. The van der Waals surface area contributed by atoms with Crippen LogP contribution in [0.4, 0.5) is 0 Å². The number of benzene rings is 2. The molecule has 1 heterocycles. The van der Waals surface area contributed by atoms with Crippen molar-refractivity contribution in [3.8, 4) is 0 Å². The lowest BCUT2D eigenvalue weighted by Crippen LogP contribution is -2.35. The van der Waals surface area contributed by atoms with E-state index in [1.54, 1.807) is 18.2 Å². The van der Waals surface area contributed by atoms with Crippen LogP contribution in [0, 0.1) is 10.1 Å². The van der Waals surface area contributed by atoms with E-state index in [2.05, 4.69) is 4.99 Å². The average Bonchev–Trinajstić information content (AvgIpc) is 2.53. The molecule has 2 aromatic carbocycles. The molecule has 3 rings (SSSR count). The summed E-state index contributed by atoms with van der Waals surface area (Å²) in [5.41, 5.74) is 0.490. The predicted octanol–water partition coefficient (Wildman–Crippen LogP) is 2.53. The molecule has 0 N–H and O–H groups in total. The van der Waals surface area contributed by atoms with Crippen LogP contribution >= 0.6 is 0 Å². The van der Waals surface area contributed by atoms with Crippen molar-refractivity contribution in [2.24, 2.45) is 4.99 Å². The molecule has 2 aromatic rings. The van der Waals surface area contributed by atoms with Crippen LogP contribution in [0.2, 0.25) is 0 Å². The largest absolute Gasteiger partial charge is 0.419 e. The van der Waals surface area contributed by atoms with Gasteiger partial charge in [0.1, 0.15) is 0 Å². The Labute approximate surface area is 136 Å². The molecule has 7 nitrogen and oxygen atoms in total. The van der Waals surface area contributed by atoms with Gasteiger partial charge >= 0.3 is 17.9 Å². The highest BCUT2D eigenvalue weighted by atomic mass is 16.6. The van der Waals surface area contributed by atoms with Gasteiger partial charge in [0.15, 0.2) is 5.76 Å². The fraction of sp³-hybridized carbons (Fsp3) is 0.118. The number of carbonyl (C=O) groups is 2. The smallest absolute Gasteiger partial charge is 0.348 e. The Morgan fingerprint density at radius 1 is 1.21 bits per heavy atom. The summed E-state index contributed by atoms with van der Waals surface area (Å²) in [5.74, 6) is -2.04. The van der Waals surface area contributed by atoms with Gasteiger partial charge in [-0.05, 0) is 29.8 Å². The summed E-state index contributed by atoms with van der Waals surface area (Å²) in [6, 6.07) is 10.6. The van der Waals surface area contributed by atoms with Crippen LogP contribution in [0.25, 0.3) is 10.8 Å². The summed E-state index contributed by atoms with van der Waals surface area (Å²) in [6.45, 7) is 1.50. The Bertz CT molecular complexity index is 929. The predicted molar refractivity (Wildman–Crippen MR) is 86.3 cm³/mol. The lowest BCUT2D eigenvalue weighted by molar-refractivity contribution is -0.501. The highest BCUT2D eigenvalue weighted by Gasteiger charge is 2.39. The first-order valence-corrected chi connectivity index (χ1v) is 7.11. The number of ether oxygens (including phenoxy) is 1. The van der Waals surface area contributed by atoms with E-state index >= 15 is 0 Å². The van der Waals surface area contributed by atoms with Gasteiger partial charge < -0.3 is 4.74 Å². The molecule has 0 saturated carbocycles. The molecule has 1 aliphatic heterocycles. The summed E-state index contributed by atoms with van der Waals surface area (Å²) in [6.07, 6.45) is 1.23. The van der Waals surface area contributed by atoms with Gasteiger partial charge in [-0.25, -0.2) is 9.79 Å². The maximum Gasteiger partial charge on any atom is 0.348 e. The Hall–Kier alpha value is -3.35. The number of dihydropyridines is 1. The Morgan fingerprint density at radius 2 is 1.92 bits per heavy atom. The molecule has 1 amide bonds. The second-order valence-electron chi connectivity index (χ2n) is 5.28. The number of nitro groups is 1. The maximum absolute atomic E-state index is 12.3. The third-order valence-electron chi connectivity index (χ3n) is 3.55. The van der Waals surface area contributed by atoms with Crippen molar-refractivity contribution in [1.29, 1.82) is 0 Å². The van der Waals surface area contributed by atoms with Crippen LogP contribution in [0.5, 0.6) is 0 Å². The van der Waals surface area contributed by atoms with Crippen molar-refractivity contribution in [1.82, 2.24) is 0 Å². The number of carbonyl (C=O) groups excluding carboxylic acids is 2. The molecule has 0 saturated heterocycles. The highest BCUT2D eigenvalue weighted by Crippen LogP contribution is 2.20. The maximum atomic E-state index is 12.3. The van der Waals surface area contributed by atoms with Crippen molar-refractivity contribution < 1.29 is 19.2 Å². The molecular formula is C17H12N2O5. The van der Waals surface area contributed by atoms with Crippen molar-refractivity contribution >= 4 is 28.4 Å². The number of rotatable bonds is 3. The van der Waals surface area contributed by atoms with Crippen LogP contribution in [0.1, 0.15) is 17.3 Å². The summed E-state index contributed by atoms with van der Waals surface area (Å²) in [5, 5.41) is 12.8. The number of fused-ring (bicyclic) bond motifs is 1. The Balaban J connectivity index is 1.90. The molecule has 0 aliphatic carbocycles. The lowest BCUT2D eigenvalue weighted by Gasteiger charge is -2.14. The van der Waals surface area contributed by atoms with E-state index in [-0.39, 0.29) is 17.0 Å². The Kier molecular flexibility index (Phi) is 3.91. The Morgan fingerprint density at radius 3 is 2.62 bits per heavy atom. The second kappa shape index (κ2) is 6.04. The first-order chi connectivity index (χ1) is 11.5. The molecule has 0 aromatic heterocycles. The van der Waals surface area contributed by atoms with Crippen LogP contribution < -0.4 is 0 Å². The second-order valence-corrected chi connectivity index (χ2v) is 5.28. The van der Waals surface area contributed by atoms with Gasteiger partial charge in [-0.2, -0.15) is 0 Å². The minimum Gasteiger partial charge on any atom is -0.419 e. The van der Waals surface area contributed by atoms with Gasteiger partial charge in [0.25, 0.3) is 0 Å². The zero-order valence-electron chi connectivity index (χ0n) is 12.6. The molecular weight excluding hydrogens is 312 g/mol. The summed E-state index contributed by atoms with van der Waals surface area (Å²) >= 11 is 0. The van der Waals surface area contributed by atoms with E-state index < -0.39 is 22.8 Å². The van der Waals surface area contributed by atoms with Gasteiger partial charge in [0, 0.05) is 16.7 Å². The van der Waals surface area contributed by atoms with Crippen molar-refractivity contribution in [2.75, 3.05) is 0 Å². The number of allylic oxidation sites excluding steroid dienone is 1. The molecule has 0 radical (unpaired) electrons. The standard InChI is InChI=1S/C17H12N2O5/c1-10-8-14(15(19(22)23)16(20)18-10)24-17(21)13-7-6-11-4-2-3-5-12(11)9-13/h2-9,15H,1H3. The van der Waals surface area contributed by atoms with Crippen LogP contribution in [-0.4, -0.2) is 28.6 Å². The van der Waals surface area contributed by atoms with E-state index in [0.29, 0.717) is 0 Å². The lowest BCUT2D eigenvalue weighted by atomic mass is 10.1. The SMILES string of the molecule is CC1=NC(=O)C([N+](=O)[O-])C(OC(=O)c2ccc3ccccc3c2)=C1. The molecule has 7 heteroatoms. The van der Waals surface area contributed by atoms with Gasteiger partial charge in [-0.1, -0.05) is 30.3 Å². The molecule has 24 heavy (non-hydrogen) atoms. The normalized spacial score (nSPS) is 17.2. The summed E-state index contributed by atoms with van der Waals surface area (Å²) in [7, 11) is 0. The topological polar surface area (TPSA) is 98.9 Å². The molecule has 1 atom stereocenters. The third kappa shape index (κ3) is 2.91. The molecule has 120 valence electrons. The molecule has 1 unspecified atom stereocenters. The minimum absolute atomic E-state index is 0.240. The minimum atomic E-state index is -1.79. The number of hydrogen-bond acceptors (Lipinski definition) is 5. The molecule has 0 spiro atoms. The molecule has 0 bridgehead atoms. The highest BCUT2D eigenvalue weighted by molar-refractivity contribution is 6.07. The summed E-state index contributed by atoms with van der Waals surface area (Å²) in [4.78, 5) is 37.8. The fourth-order valence-corrected chi connectivity index (χ4v) is 2.44. The first kappa shape index (κ1) is 15.5. The van der Waals surface area contributed by atoms with Gasteiger partial charge in [0.2, 0.25) is 0 Å². The zero-order valence-corrected chi connectivity index (χ0v) is 12.6. The number of nitrogens with zero attached hydrogens (tertiary/aromatic N) is 2. The summed E-state index contributed by atoms with van der Waals surface area (Å²) < 4.78 is 5.12. The van der Waals surface area contributed by atoms with Crippen LogP contribution in [0.15, 0.2) is 59.3 Å². The van der Waals surface area contributed by atoms with Crippen molar-refractivity contribution in [3.63, 3.8) is 0 Å². The molecule has 1 aliphatic rings. The van der Waals surface area contributed by atoms with E-state index in [1.807, 2.05) is 24.3 Å². The average molecular weight is 324 g/mol. The van der Waals surface area contributed by atoms with Gasteiger partial charge in [-0.15, -0.1) is 0 Å². The molecule has 0 fully saturated rings. The number of amides is 1. The van der Waals surface area contributed by atoms with Gasteiger partial charge in [0.05, 0.1) is 5.56 Å². The number of esters is 1. The van der Waals surface area contributed by atoms with E-state index in [4.69, 9.17) is 4.74 Å². The van der Waals surface area contributed by atoms with E-state index in [0.717, 1.165) is 10.8 Å². The number of aliphatic imine (C=N–C) groups is 1. The van der Waals surface area contributed by atoms with Gasteiger partial charge in [-0.3, -0.25) is 14.9 Å². The quantitative estimate of drug-likeness (QED) is 0.491. The van der Waals surface area contributed by atoms with Crippen molar-refractivity contribution in [3.05, 3.63) is 70.0 Å². The van der Waals surface area contributed by atoms with E-state index in [1.165, 1.54) is 13.0 Å². The third-order valence-corrected chi connectivity index (χ3v) is 3.55. The first-order valence-electron chi connectivity index (χ1n) is 7.11. The van der Waals surface area contributed by atoms with E-state index in [9.17, 15) is 19.7 Å². The zero-order chi connectivity index (χ0) is 17.3. The fourth-order valence-electron chi connectivity index (χ4n) is 2.44.